The average Bonchev–Trinajstić information content (AvgIpc) is 2.66. The molecule has 3 rings (SSSR count). The Morgan fingerprint density at radius 1 is 1.19 bits per heavy atom. The maximum atomic E-state index is 13.0. The third-order valence-corrected chi connectivity index (χ3v) is 4.20. The molecule has 0 unspecified atom stereocenters. The van der Waals surface area contributed by atoms with Crippen LogP contribution in [-0.4, -0.2) is 20.7 Å². The monoisotopic (exact) mass is 349 g/mol. The molecule has 0 atom stereocenters. The van der Waals surface area contributed by atoms with Crippen molar-refractivity contribution in [2.45, 2.75) is 19.9 Å². The fourth-order valence-corrected chi connectivity index (χ4v) is 2.89. The molecular formula is C20H19N3O3. The first-order valence-electron chi connectivity index (χ1n) is 8.26. The van der Waals surface area contributed by atoms with Gasteiger partial charge in [0.25, 0.3) is 11.5 Å². The number of hydroxylamine groups is 1. The van der Waals surface area contributed by atoms with Gasteiger partial charge in [-0.25, -0.2) is 10.5 Å². The second kappa shape index (κ2) is 7.76. The molecule has 132 valence electrons. The van der Waals surface area contributed by atoms with Gasteiger partial charge in [-0.1, -0.05) is 42.5 Å². The Balaban J connectivity index is 2.03. The fraction of sp³-hybridized carbons (Fsp3) is 0.150. The van der Waals surface area contributed by atoms with Crippen LogP contribution in [0.5, 0.6) is 0 Å². The molecule has 0 radical (unpaired) electrons. The normalized spacial score (nSPS) is 11.2. The summed E-state index contributed by atoms with van der Waals surface area (Å²) in [5.41, 5.74) is 3.69. The van der Waals surface area contributed by atoms with Crippen molar-refractivity contribution in [2.24, 2.45) is 0 Å². The van der Waals surface area contributed by atoms with E-state index in [1.54, 1.807) is 22.8 Å². The summed E-state index contributed by atoms with van der Waals surface area (Å²) in [5, 5.41) is 9.06. The number of hydrogen-bond acceptors (Lipinski definition) is 4. The van der Waals surface area contributed by atoms with Gasteiger partial charge in [0.05, 0.1) is 10.9 Å². The van der Waals surface area contributed by atoms with Crippen LogP contribution in [0.2, 0.25) is 0 Å². The Bertz CT molecular complexity index is 1020. The molecule has 2 aromatic carbocycles. The van der Waals surface area contributed by atoms with Gasteiger partial charge in [-0.15, -0.1) is 0 Å². The van der Waals surface area contributed by atoms with Crippen LogP contribution in [0.1, 0.15) is 17.0 Å². The number of fused-ring (bicyclic) bond motifs is 1. The Kier molecular flexibility index (Phi) is 5.24. The minimum atomic E-state index is -0.661. The first-order chi connectivity index (χ1) is 12.6. The van der Waals surface area contributed by atoms with E-state index in [0.29, 0.717) is 28.8 Å². The van der Waals surface area contributed by atoms with Crippen LogP contribution < -0.4 is 11.0 Å². The standard InChI is InChI=1S/C20H19N3O3/c1-14-21-17-9-5-8-16(10-11-18(24)22-26)19(17)20(25)23(14)13-12-15-6-3-2-4-7-15/h2-11,26H,12-13H2,1H3,(H,22,24). The number of aromatic nitrogens is 2. The maximum absolute atomic E-state index is 13.0. The highest BCUT2D eigenvalue weighted by Crippen LogP contribution is 2.16. The molecule has 1 amide bonds. The SMILES string of the molecule is Cc1nc2cccc(C=CC(=O)NO)c2c(=O)n1CCc1ccccc1. The third-order valence-electron chi connectivity index (χ3n) is 4.20. The van der Waals surface area contributed by atoms with E-state index in [9.17, 15) is 9.59 Å². The molecular weight excluding hydrogens is 330 g/mol. The Morgan fingerprint density at radius 2 is 1.96 bits per heavy atom. The number of nitrogens with one attached hydrogen (secondary N) is 1. The van der Waals surface area contributed by atoms with E-state index in [1.807, 2.05) is 37.3 Å². The predicted molar refractivity (Wildman–Crippen MR) is 99.8 cm³/mol. The number of rotatable bonds is 5. The van der Waals surface area contributed by atoms with Crippen molar-refractivity contribution < 1.29 is 10.0 Å². The van der Waals surface area contributed by atoms with Crippen LogP contribution in [0, 0.1) is 6.92 Å². The number of hydrogen-bond donors (Lipinski definition) is 2. The van der Waals surface area contributed by atoms with E-state index in [2.05, 4.69) is 4.98 Å². The smallest absolute Gasteiger partial charge is 0.267 e. The molecule has 0 aliphatic carbocycles. The maximum Gasteiger partial charge on any atom is 0.267 e. The van der Waals surface area contributed by atoms with Crippen molar-refractivity contribution in [3.8, 4) is 0 Å². The van der Waals surface area contributed by atoms with Crippen molar-refractivity contribution in [3.63, 3.8) is 0 Å². The first-order valence-corrected chi connectivity index (χ1v) is 8.26. The molecule has 0 saturated carbocycles. The number of carbonyl (C=O) groups is 1. The van der Waals surface area contributed by atoms with Crippen LogP contribution in [0.15, 0.2) is 59.4 Å². The molecule has 1 aromatic heterocycles. The van der Waals surface area contributed by atoms with E-state index in [1.165, 1.54) is 17.6 Å². The molecule has 0 aliphatic heterocycles. The number of nitrogens with zero attached hydrogens (tertiary/aromatic N) is 2. The molecule has 3 aromatic rings. The summed E-state index contributed by atoms with van der Waals surface area (Å²) in [6.07, 6.45) is 3.38. The van der Waals surface area contributed by atoms with Gasteiger partial charge < -0.3 is 0 Å². The Morgan fingerprint density at radius 3 is 2.69 bits per heavy atom. The summed E-state index contributed by atoms with van der Waals surface area (Å²) < 4.78 is 1.65. The van der Waals surface area contributed by atoms with Crippen molar-refractivity contribution in [3.05, 3.63) is 81.9 Å². The summed E-state index contributed by atoms with van der Waals surface area (Å²) >= 11 is 0. The number of aryl methyl sites for hydroxylation is 2. The average molecular weight is 349 g/mol. The van der Waals surface area contributed by atoms with Crippen molar-refractivity contribution in [1.29, 1.82) is 0 Å². The highest BCUT2D eigenvalue weighted by molar-refractivity contribution is 5.95. The Hall–Kier alpha value is -3.25. The summed E-state index contributed by atoms with van der Waals surface area (Å²) in [5.74, 6) is -0.0147. The zero-order valence-corrected chi connectivity index (χ0v) is 14.3. The van der Waals surface area contributed by atoms with Gasteiger partial charge in [-0.2, -0.15) is 0 Å². The number of benzene rings is 2. The molecule has 0 aliphatic rings. The summed E-state index contributed by atoms with van der Waals surface area (Å²) in [4.78, 5) is 28.8. The quantitative estimate of drug-likeness (QED) is 0.421. The zero-order valence-electron chi connectivity index (χ0n) is 14.3. The lowest BCUT2D eigenvalue weighted by Gasteiger charge is -2.12. The van der Waals surface area contributed by atoms with Crippen LogP contribution in [0.4, 0.5) is 0 Å². The first kappa shape index (κ1) is 17.6. The number of carbonyl (C=O) groups excluding carboxylic acids is 1. The van der Waals surface area contributed by atoms with E-state index in [-0.39, 0.29) is 5.56 Å². The topological polar surface area (TPSA) is 84.2 Å². The van der Waals surface area contributed by atoms with Crippen LogP contribution in [-0.2, 0) is 17.8 Å². The second-order valence-corrected chi connectivity index (χ2v) is 5.90. The fourth-order valence-electron chi connectivity index (χ4n) is 2.89. The lowest BCUT2D eigenvalue weighted by Crippen LogP contribution is -2.25. The number of amides is 1. The van der Waals surface area contributed by atoms with Gasteiger partial charge in [0.2, 0.25) is 0 Å². The Labute approximate surface area is 150 Å². The largest absolute Gasteiger partial charge is 0.296 e. The van der Waals surface area contributed by atoms with Gasteiger partial charge in [-0.3, -0.25) is 19.4 Å². The van der Waals surface area contributed by atoms with Crippen molar-refractivity contribution >= 4 is 22.9 Å². The van der Waals surface area contributed by atoms with Crippen molar-refractivity contribution in [1.82, 2.24) is 15.0 Å². The predicted octanol–water partition coefficient (Wildman–Crippen LogP) is 2.47. The molecule has 1 heterocycles. The summed E-state index contributed by atoms with van der Waals surface area (Å²) in [6.45, 7) is 2.33. The summed E-state index contributed by atoms with van der Waals surface area (Å²) in [6, 6.07) is 15.2. The second-order valence-electron chi connectivity index (χ2n) is 5.90. The van der Waals surface area contributed by atoms with Gasteiger partial charge >= 0.3 is 0 Å². The zero-order chi connectivity index (χ0) is 18.5. The summed E-state index contributed by atoms with van der Waals surface area (Å²) in [7, 11) is 0. The molecule has 0 bridgehead atoms. The van der Waals surface area contributed by atoms with Gasteiger partial charge in [-0.05, 0) is 36.6 Å². The lowest BCUT2D eigenvalue weighted by molar-refractivity contribution is -0.124. The lowest BCUT2D eigenvalue weighted by atomic mass is 10.1. The van der Waals surface area contributed by atoms with E-state index < -0.39 is 5.91 Å². The van der Waals surface area contributed by atoms with E-state index in [4.69, 9.17) is 5.21 Å². The minimum absolute atomic E-state index is 0.145. The van der Waals surface area contributed by atoms with Crippen LogP contribution in [0.25, 0.3) is 17.0 Å². The molecule has 6 heteroatoms. The molecule has 2 N–H and O–H groups in total. The van der Waals surface area contributed by atoms with Gasteiger partial charge in [0.1, 0.15) is 5.82 Å². The highest BCUT2D eigenvalue weighted by Gasteiger charge is 2.11. The highest BCUT2D eigenvalue weighted by atomic mass is 16.5. The molecule has 0 saturated heterocycles. The van der Waals surface area contributed by atoms with Crippen LogP contribution >= 0.6 is 0 Å². The minimum Gasteiger partial charge on any atom is -0.296 e. The van der Waals surface area contributed by atoms with Crippen LogP contribution in [0.3, 0.4) is 0 Å². The molecule has 0 spiro atoms. The molecule has 26 heavy (non-hydrogen) atoms. The van der Waals surface area contributed by atoms with Gasteiger partial charge in [0, 0.05) is 12.6 Å². The third kappa shape index (κ3) is 3.70. The van der Waals surface area contributed by atoms with Gasteiger partial charge in [0.15, 0.2) is 0 Å². The molecule has 6 nitrogen and oxygen atoms in total. The van der Waals surface area contributed by atoms with Crippen molar-refractivity contribution in [2.75, 3.05) is 0 Å². The molecule has 0 fully saturated rings. The van der Waals surface area contributed by atoms with E-state index >= 15 is 0 Å². The van der Waals surface area contributed by atoms with E-state index in [0.717, 1.165) is 12.0 Å².